The number of phenolic OH excluding ortho intramolecular Hbond substituents is 1. The molecular weight excluding hydrogens is 582 g/mol. The van der Waals surface area contributed by atoms with Gasteiger partial charge in [0.05, 0.1) is 23.6 Å². The number of piperazine rings is 1. The van der Waals surface area contributed by atoms with E-state index in [0.29, 0.717) is 62.5 Å². The molecule has 1 atom stereocenters. The maximum atomic E-state index is 16.7. The van der Waals surface area contributed by atoms with Crippen molar-refractivity contribution >= 4 is 33.4 Å². The number of anilines is 1. The molecular formula is C33H32F2N6O4. The predicted molar refractivity (Wildman–Crippen MR) is 166 cm³/mol. The zero-order chi connectivity index (χ0) is 31.7. The molecule has 6 rings (SSSR count). The van der Waals surface area contributed by atoms with Crippen molar-refractivity contribution in [1.29, 1.82) is 0 Å². The first kappa shape index (κ1) is 30.2. The van der Waals surface area contributed by atoms with Crippen LogP contribution < -0.4 is 9.64 Å². The summed E-state index contributed by atoms with van der Waals surface area (Å²) in [7, 11) is 1.94. The smallest absolute Gasteiger partial charge is 0.319 e. The lowest BCUT2D eigenvalue weighted by atomic mass is 9.96. The number of hydrogen-bond acceptors (Lipinski definition) is 9. The molecule has 2 aromatic carbocycles. The van der Waals surface area contributed by atoms with Crippen molar-refractivity contribution in [3.63, 3.8) is 0 Å². The van der Waals surface area contributed by atoms with Crippen molar-refractivity contribution in [2.45, 2.75) is 12.5 Å². The number of likely N-dealkylation sites (N-methyl/N-ethyl adjacent to an activating group) is 1. The van der Waals surface area contributed by atoms with Gasteiger partial charge in [0.1, 0.15) is 35.2 Å². The summed E-state index contributed by atoms with van der Waals surface area (Å²) in [6.07, 6.45) is 9.15. The maximum absolute atomic E-state index is 16.7. The van der Waals surface area contributed by atoms with Gasteiger partial charge in [0, 0.05) is 56.5 Å². The van der Waals surface area contributed by atoms with Gasteiger partial charge in [-0.25, -0.2) is 8.78 Å². The molecule has 2 aromatic heterocycles. The second-order valence-electron chi connectivity index (χ2n) is 11.1. The summed E-state index contributed by atoms with van der Waals surface area (Å²) in [5.74, 6) is 1.02. The van der Waals surface area contributed by atoms with Crippen LogP contribution in [0.2, 0.25) is 0 Å². The van der Waals surface area contributed by atoms with Crippen LogP contribution in [0.25, 0.3) is 32.9 Å². The van der Waals surface area contributed by atoms with E-state index in [2.05, 4.69) is 27.4 Å². The molecule has 12 heteroatoms. The van der Waals surface area contributed by atoms with Gasteiger partial charge in [0.15, 0.2) is 5.82 Å². The van der Waals surface area contributed by atoms with Crippen LogP contribution in [0, 0.1) is 24.0 Å². The minimum atomic E-state index is -0.802. The van der Waals surface area contributed by atoms with Gasteiger partial charge in [-0.15, -0.1) is 6.42 Å². The fourth-order valence-corrected chi connectivity index (χ4v) is 5.85. The lowest BCUT2D eigenvalue weighted by Gasteiger charge is -2.38. The molecule has 1 amide bonds. The fourth-order valence-electron chi connectivity index (χ4n) is 5.85. The molecule has 2 aliphatic heterocycles. The Labute approximate surface area is 258 Å². The Hall–Kier alpha value is -4.86. The average Bonchev–Trinajstić information content (AvgIpc) is 3.33. The normalized spacial score (nSPS) is 17.7. The highest BCUT2D eigenvalue weighted by Gasteiger charge is 2.28. The van der Waals surface area contributed by atoms with E-state index in [9.17, 15) is 14.3 Å². The van der Waals surface area contributed by atoms with Gasteiger partial charge in [-0.05, 0) is 43.1 Å². The Balaban J connectivity index is 1.46. The number of fused-ring (bicyclic) bond motifs is 2. The molecule has 232 valence electrons. The quantitative estimate of drug-likeness (QED) is 0.257. The first-order valence-electron chi connectivity index (χ1n) is 14.6. The molecule has 0 aliphatic carbocycles. The molecule has 0 spiro atoms. The third-order valence-corrected chi connectivity index (χ3v) is 8.28. The summed E-state index contributed by atoms with van der Waals surface area (Å²) in [6, 6.07) is 5.20. The third kappa shape index (κ3) is 5.84. The minimum absolute atomic E-state index is 0.0459. The molecule has 2 saturated heterocycles. The lowest BCUT2D eigenvalue weighted by Crippen LogP contribution is -2.55. The Kier molecular flexibility index (Phi) is 8.47. The molecule has 0 radical (unpaired) electrons. The summed E-state index contributed by atoms with van der Waals surface area (Å²) >= 11 is 0. The van der Waals surface area contributed by atoms with E-state index in [-0.39, 0.29) is 58.0 Å². The number of carbonyl (C=O) groups is 1. The first-order chi connectivity index (χ1) is 21.8. The van der Waals surface area contributed by atoms with Crippen LogP contribution in [0.5, 0.6) is 11.8 Å². The number of pyridine rings is 1. The highest BCUT2D eigenvalue weighted by atomic mass is 19.1. The first-order valence-corrected chi connectivity index (χ1v) is 14.6. The van der Waals surface area contributed by atoms with Crippen LogP contribution in [0.3, 0.4) is 0 Å². The molecule has 45 heavy (non-hydrogen) atoms. The van der Waals surface area contributed by atoms with Gasteiger partial charge in [-0.2, -0.15) is 9.97 Å². The number of phenols is 1. The lowest BCUT2D eigenvalue weighted by molar-refractivity contribution is -0.129. The number of terminal acetylenes is 1. The van der Waals surface area contributed by atoms with E-state index in [1.54, 1.807) is 4.90 Å². The minimum Gasteiger partial charge on any atom is -0.508 e. The number of benzene rings is 2. The summed E-state index contributed by atoms with van der Waals surface area (Å²) in [6.45, 7) is 7.55. The average molecular weight is 615 g/mol. The second-order valence-corrected chi connectivity index (χ2v) is 11.1. The molecule has 10 nitrogen and oxygen atoms in total. The van der Waals surface area contributed by atoms with Crippen molar-refractivity contribution in [3.05, 3.63) is 60.3 Å². The zero-order valence-electron chi connectivity index (χ0n) is 24.8. The molecule has 0 bridgehead atoms. The third-order valence-electron chi connectivity index (χ3n) is 8.28. The largest absolute Gasteiger partial charge is 0.508 e. The number of hydrogen-bond donors (Lipinski definition) is 1. The molecule has 1 N–H and O–H groups in total. The van der Waals surface area contributed by atoms with Crippen LogP contribution in [-0.4, -0.2) is 101 Å². The Bertz CT molecular complexity index is 1840. The van der Waals surface area contributed by atoms with Crippen molar-refractivity contribution in [3.8, 4) is 35.4 Å². The van der Waals surface area contributed by atoms with E-state index in [4.69, 9.17) is 20.9 Å². The van der Waals surface area contributed by atoms with Gasteiger partial charge < -0.3 is 24.4 Å². The Morgan fingerprint density at radius 2 is 2.07 bits per heavy atom. The van der Waals surface area contributed by atoms with Crippen molar-refractivity contribution < 1.29 is 28.2 Å². The number of amides is 1. The number of aromatic nitrogens is 3. The number of nitrogens with zero attached hydrogens (tertiary/aromatic N) is 6. The van der Waals surface area contributed by atoms with E-state index in [1.807, 2.05) is 11.9 Å². The van der Waals surface area contributed by atoms with Crippen molar-refractivity contribution in [1.82, 2.24) is 24.8 Å². The van der Waals surface area contributed by atoms with Gasteiger partial charge in [0.2, 0.25) is 5.91 Å². The molecule has 2 fully saturated rings. The van der Waals surface area contributed by atoms with Crippen LogP contribution in [0.15, 0.2) is 43.1 Å². The van der Waals surface area contributed by atoms with E-state index in [0.717, 1.165) is 6.42 Å². The maximum Gasteiger partial charge on any atom is 0.319 e. The van der Waals surface area contributed by atoms with Gasteiger partial charge >= 0.3 is 6.01 Å². The van der Waals surface area contributed by atoms with Crippen LogP contribution in [-0.2, 0) is 9.53 Å². The number of aromatic hydroxyl groups is 1. The van der Waals surface area contributed by atoms with Crippen LogP contribution >= 0.6 is 0 Å². The van der Waals surface area contributed by atoms with Gasteiger partial charge in [-0.1, -0.05) is 18.6 Å². The summed E-state index contributed by atoms with van der Waals surface area (Å²) in [5.41, 5.74) is -0.161. The number of halogens is 2. The van der Waals surface area contributed by atoms with E-state index >= 15 is 4.39 Å². The highest BCUT2D eigenvalue weighted by molar-refractivity contribution is 6.03. The number of rotatable bonds is 6. The van der Waals surface area contributed by atoms with Crippen LogP contribution in [0.4, 0.5) is 14.6 Å². The Morgan fingerprint density at radius 1 is 1.22 bits per heavy atom. The standard InChI is InChI=1S/C33H32F2N6O4/c1-4-23-26(34)8-7-20-15-22(42)16-24(28(20)23)30-29(35)31-25(17-36-30)32(40-9-6-13-44-14-12-40)38-33(37-31)45-19-21-18-41(27(43)5-2)11-10-39(21)3/h1,5,7-8,15-17,21,42H,2,6,9-14,18-19H2,3H3. The van der Waals surface area contributed by atoms with Crippen LogP contribution in [0.1, 0.15) is 12.0 Å². The monoisotopic (exact) mass is 614 g/mol. The summed E-state index contributed by atoms with van der Waals surface area (Å²) in [4.78, 5) is 31.6. The summed E-state index contributed by atoms with van der Waals surface area (Å²) in [5, 5.41) is 11.5. The fraction of sp³-hybridized carbons (Fsp3) is 0.333. The van der Waals surface area contributed by atoms with Crippen molar-refractivity contribution in [2.24, 2.45) is 0 Å². The SMILES string of the molecule is C#Cc1c(F)ccc2cc(O)cc(-c3ncc4c(N5CCCOCC5)nc(OCC5CN(C(=O)C=C)CCN5C)nc4c3F)c12. The number of ether oxygens (including phenoxy) is 2. The Morgan fingerprint density at radius 3 is 2.87 bits per heavy atom. The predicted octanol–water partition coefficient (Wildman–Crippen LogP) is 3.74. The molecule has 2 aliphatic rings. The topological polar surface area (TPSA) is 104 Å². The second kappa shape index (κ2) is 12.6. The van der Waals surface area contributed by atoms with E-state index in [1.165, 1.54) is 36.5 Å². The molecule has 4 aromatic rings. The van der Waals surface area contributed by atoms with E-state index < -0.39 is 11.6 Å². The highest BCUT2D eigenvalue weighted by Crippen LogP contribution is 2.38. The van der Waals surface area contributed by atoms with Gasteiger partial charge in [0.25, 0.3) is 0 Å². The van der Waals surface area contributed by atoms with Crippen molar-refractivity contribution in [2.75, 3.05) is 64.5 Å². The molecule has 0 saturated carbocycles. The van der Waals surface area contributed by atoms with Gasteiger partial charge in [-0.3, -0.25) is 14.7 Å². The molecule has 4 heterocycles. The summed E-state index contributed by atoms with van der Waals surface area (Å²) < 4.78 is 43.2. The molecule has 1 unspecified atom stereocenters. The zero-order valence-corrected chi connectivity index (χ0v) is 24.8. The number of carbonyl (C=O) groups excluding carboxylic acids is 1.